The number of amides is 2. The van der Waals surface area contributed by atoms with Crippen LogP contribution in [0.1, 0.15) is 44.9 Å². The molecule has 0 aromatic carbocycles. The van der Waals surface area contributed by atoms with E-state index < -0.39 is 5.97 Å². The number of carbonyl (C=O) groups is 2. The first-order valence-electron chi connectivity index (χ1n) is 8.02. The Bertz CT molecular complexity index is 321. The normalized spacial score (nSPS) is 18.5. The molecule has 1 heterocycles. The van der Waals surface area contributed by atoms with Gasteiger partial charge in [0.1, 0.15) is 0 Å². The Kier molecular flexibility index (Phi) is 8.82. The fourth-order valence-corrected chi connectivity index (χ4v) is 2.77. The van der Waals surface area contributed by atoms with Gasteiger partial charge in [-0.05, 0) is 45.2 Å². The van der Waals surface area contributed by atoms with Gasteiger partial charge >= 0.3 is 12.0 Å². The Hall–Kier alpha value is -1.30. The topological polar surface area (TPSA) is 81.7 Å². The molecule has 2 amide bonds. The van der Waals surface area contributed by atoms with Crippen molar-refractivity contribution in [3.05, 3.63) is 0 Å². The van der Waals surface area contributed by atoms with Gasteiger partial charge < -0.3 is 20.6 Å². The summed E-state index contributed by atoms with van der Waals surface area (Å²) in [6, 6.07) is 0.0429. The maximum Gasteiger partial charge on any atom is 0.317 e. The van der Waals surface area contributed by atoms with E-state index in [2.05, 4.69) is 10.6 Å². The number of carboxylic acid groups (broad SMARTS) is 1. The lowest BCUT2D eigenvalue weighted by Gasteiger charge is -2.32. The third-order valence-corrected chi connectivity index (χ3v) is 3.89. The number of hydrogen-bond acceptors (Lipinski definition) is 3. The molecular formula is C15H29N3O3. The average Bonchev–Trinajstić information content (AvgIpc) is 2.46. The van der Waals surface area contributed by atoms with Crippen LogP contribution < -0.4 is 10.6 Å². The number of aliphatic carboxylic acids is 1. The van der Waals surface area contributed by atoms with Gasteiger partial charge in [-0.3, -0.25) is 4.79 Å². The molecule has 6 nitrogen and oxygen atoms in total. The Morgan fingerprint density at radius 2 is 2.00 bits per heavy atom. The third kappa shape index (κ3) is 7.90. The van der Waals surface area contributed by atoms with E-state index in [9.17, 15) is 9.59 Å². The van der Waals surface area contributed by atoms with Crippen LogP contribution in [0.15, 0.2) is 0 Å². The third-order valence-electron chi connectivity index (χ3n) is 3.89. The average molecular weight is 299 g/mol. The minimum absolute atomic E-state index is 0.0429. The number of rotatable bonds is 9. The summed E-state index contributed by atoms with van der Waals surface area (Å²) in [4.78, 5) is 24.3. The van der Waals surface area contributed by atoms with Crippen molar-refractivity contribution in [2.24, 2.45) is 5.92 Å². The standard InChI is InChI=1S/C15H29N3O3/c1-16-11-13-7-6-10-18(12-13)15(21)17-9-5-3-2-4-8-14(19)20/h13,16H,2-12H2,1H3,(H,17,21)(H,19,20). The Morgan fingerprint density at radius 1 is 1.24 bits per heavy atom. The molecule has 1 atom stereocenters. The van der Waals surface area contributed by atoms with E-state index in [1.807, 2.05) is 11.9 Å². The lowest BCUT2D eigenvalue weighted by molar-refractivity contribution is -0.137. The molecule has 3 N–H and O–H groups in total. The molecule has 1 unspecified atom stereocenters. The molecule has 0 aromatic rings. The predicted octanol–water partition coefficient (Wildman–Crippen LogP) is 1.66. The maximum absolute atomic E-state index is 12.0. The number of carboxylic acids is 1. The minimum Gasteiger partial charge on any atom is -0.481 e. The monoisotopic (exact) mass is 299 g/mol. The molecule has 0 aromatic heterocycles. The van der Waals surface area contributed by atoms with Gasteiger partial charge in [-0.25, -0.2) is 4.79 Å². The van der Waals surface area contributed by atoms with Gasteiger partial charge in [0.05, 0.1) is 0 Å². The summed E-state index contributed by atoms with van der Waals surface area (Å²) >= 11 is 0. The highest BCUT2D eigenvalue weighted by Crippen LogP contribution is 2.15. The number of unbranched alkanes of at least 4 members (excludes halogenated alkanes) is 3. The number of hydrogen-bond donors (Lipinski definition) is 3. The first-order chi connectivity index (χ1) is 10.1. The van der Waals surface area contributed by atoms with E-state index >= 15 is 0 Å². The van der Waals surface area contributed by atoms with Crippen molar-refractivity contribution in [2.75, 3.05) is 33.2 Å². The molecule has 0 aliphatic carbocycles. The van der Waals surface area contributed by atoms with Crippen LogP contribution in [0.2, 0.25) is 0 Å². The Balaban J connectivity index is 2.06. The second-order valence-corrected chi connectivity index (χ2v) is 5.80. The molecule has 1 fully saturated rings. The largest absolute Gasteiger partial charge is 0.481 e. The highest BCUT2D eigenvalue weighted by molar-refractivity contribution is 5.74. The Morgan fingerprint density at radius 3 is 2.71 bits per heavy atom. The number of urea groups is 1. The second-order valence-electron chi connectivity index (χ2n) is 5.80. The van der Waals surface area contributed by atoms with Crippen LogP contribution in [0.25, 0.3) is 0 Å². The summed E-state index contributed by atoms with van der Waals surface area (Å²) in [6.45, 7) is 3.34. The number of piperidine rings is 1. The van der Waals surface area contributed by atoms with Crippen molar-refractivity contribution in [2.45, 2.75) is 44.9 Å². The quantitative estimate of drug-likeness (QED) is 0.566. The molecule has 6 heteroatoms. The molecule has 0 saturated carbocycles. The van der Waals surface area contributed by atoms with Crippen molar-refractivity contribution in [3.8, 4) is 0 Å². The van der Waals surface area contributed by atoms with Crippen molar-refractivity contribution < 1.29 is 14.7 Å². The zero-order valence-corrected chi connectivity index (χ0v) is 13.1. The van der Waals surface area contributed by atoms with Crippen LogP contribution >= 0.6 is 0 Å². The van der Waals surface area contributed by atoms with Crippen LogP contribution in [-0.4, -0.2) is 55.2 Å². The van der Waals surface area contributed by atoms with Gasteiger partial charge in [0, 0.05) is 26.1 Å². The molecule has 0 bridgehead atoms. The summed E-state index contributed by atoms with van der Waals surface area (Å²) in [5.74, 6) is -0.171. The van der Waals surface area contributed by atoms with Crippen LogP contribution in [0.4, 0.5) is 4.79 Å². The van der Waals surface area contributed by atoms with E-state index in [1.54, 1.807) is 0 Å². The van der Waals surface area contributed by atoms with E-state index in [0.29, 0.717) is 12.5 Å². The first-order valence-corrected chi connectivity index (χ1v) is 8.02. The molecular weight excluding hydrogens is 270 g/mol. The van der Waals surface area contributed by atoms with E-state index in [1.165, 1.54) is 6.42 Å². The van der Waals surface area contributed by atoms with Crippen molar-refractivity contribution in [3.63, 3.8) is 0 Å². The van der Waals surface area contributed by atoms with Crippen molar-refractivity contribution in [1.29, 1.82) is 0 Å². The molecule has 1 rings (SSSR count). The predicted molar refractivity (Wildman–Crippen MR) is 82.3 cm³/mol. The zero-order chi connectivity index (χ0) is 15.5. The van der Waals surface area contributed by atoms with Gasteiger partial charge in [-0.2, -0.15) is 0 Å². The number of likely N-dealkylation sites (tertiary alicyclic amines) is 1. The summed E-state index contributed by atoms with van der Waals surface area (Å²) < 4.78 is 0. The van der Waals surface area contributed by atoms with E-state index in [4.69, 9.17) is 5.11 Å². The van der Waals surface area contributed by atoms with Gasteiger partial charge in [-0.1, -0.05) is 12.8 Å². The minimum atomic E-state index is -0.732. The van der Waals surface area contributed by atoms with Gasteiger partial charge in [0.15, 0.2) is 0 Å². The fraction of sp³-hybridized carbons (Fsp3) is 0.867. The lowest BCUT2D eigenvalue weighted by Crippen LogP contribution is -2.47. The lowest BCUT2D eigenvalue weighted by atomic mass is 9.98. The van der Waals surface area contributed by atoms with Crippen LogP contribution in [0.3, 0.4) is 0 Å². The van der Waals surface area contributed by atoms with E-state index in [0.717, 1.165) is 51.7 Å². The highest BCUT2D eigenvalue weighted by Gasteiger charge is 2.22. The van der Waals surface area contributed by atoms with Gasteiger partial charge in [-0.15, -0.1) is 0 Å². The number of nitrogens with zero attached hydrogens (tertiary/aromatic N) is 1. The van der Waals surface area contributed by atoms with Crippen molar-refractivity contribution in [1.82, 2.24) is 15.5 Å². The summed E-state index contributed by atoms with van der Waals surface area (Å²) in [5.41, 5.74) is 0. The SMILES string of the molecule is CNCC1CCCN(C(=O)NCCCCCCC(=O)O)C1. The van der Waals surface area contributed by atoms with Crippen LogP contribution in [-0.2, 0) is 4.79 Å². The van der Waals surface area contributed by atoms with Crippen LogP contribution in [0.5, 0.6) is 0 Å². The molecule has 1 saturated heterocycles. The molecule has 0 spiro atoms. The second kappa shape index (κ2) is 10.4. The number of carbonyl (C=O) groups excluding carboxylic acids is 1. The maximum atomic E-state index is 12.0. The fourth-order valence-electron chi connectivity index (χ4n) is 2.77. The number of nitrogens with one attached hydrogen (secondary N) is 2. The molecule has 0 radical (unpaired) electrons. The summed E-state index contributed by atoms with van der Waals surface area (Å²) in [7, 11) is 1.95. The zero-order valence-electron chi connectivity index (χ0n) is 13.1. The first kappa shape index (κ1) is 17.8. The molecule has 122 valence electrons. The van der Waals surface area contributed by atoms with Crippen LogP contribution in [0, 0.1) is 5.92 Å². The Labute approximate surface area is 127 Å². The smallest absolute Gasteiger partial charge is 0.317 e. The van der Waals surface area contributed by atoms with Gasteiger partial charge in [0.25, 0.3) is 0 Å². The molecule has 1 aliphatic rings. The van der Waals surface area contributed by atoms with Crippen molar-refractivity contribution >= 4 is 12.0 Å². The highest BCUT2D eigenvalue weighted by atomic mass is 16.4. The molecule has 21 heavy (non-hydrogen) atoms. The summed E-state index contributed by atoms with van der Waals surface area (Å²) in [5, 5.41) is 14.7. The van der Waals surface area contributed by atoms with E-state index in [-0.39, 0.29) is 12.5 Å². The van der Waals surface area contributed by atoms with Gasteiger partial charge in [0.2, 0.25) is 0 Å². The molecule has 1 aliphatic heterocycles. The summed E-state index contributed by atoms with van der Waals surface area (Å²) in [6.07, 6.45) is 6.03.